The van der Waals surface area contributed by atoms with Crippen molar-refractivity contribution in [1.29, 1.82) is 0 Å². The average Bonchev–Trinajstić information content (AvgIpc) is 2.79. The Morgan fingerprint density at radius 2 is 1.94 bits per heavy atom. The van der Waals surface area contributed by atoms with E-state index < -0.39 is 16.8 Å². The Hall–Kier alpha value is -0.380. The molecule has 0 aromatic rings. The van der Waals surface area contributed by atoms with E-state index in [9.17, 15) is 9.00 Å². The third-order valence-electron chi connectivity index (χ3n) is 3.03. The second-order valence-electron chi connectivity index (χ2n) is 6.17. The molecule has 1 aliphatic carbocycles. The number of hydrogen-bond acceptors (Lipinski definition) is 2. The Bertz CT molecular complexity index is 287. The van der Waals surface area contributed by atoms with Gasteiger partial charge in [-0.2, -0.15) is 0 Å². The highest BCUT2D eigenvalue weighted by atomic mass is 32.2. The maximum atomic E-state index is 11.8. The minimum atomic E-state index is -0.853. The molecule has 1 N–H and O–H groups in total. The fraction of sp³-hybridized carbons (Fsp3) is 0.917. The third kappa shape index (κ3) is 5.10. The number of hydrogen-bond donors (Lipinski definition) is 1. The normalized spacial score (nSPS) is 20.4. The van der Waals surface area contributed by atoms with Crippen molar-refractivity contribution in [3.63, 3.8) is 0 Å². The molecular weight excluding hydrogens is 224 g/mol. The Morgan fingerprint density at radius 3 is 2.31 bits per heavy atom. The molecule has 3 nitrogen and oxygen atoms in total. The number of rotatable bonds is 6. The molecule has 0 aromatic carbocycles. The summed E-state index contributed by atoms with van der Waals surface area (Å²) >= 11 is 0. The second kappa shape index (κ2) is 4.86. The highest BCUT2D eigenvalue weighted by molar-refractivity contribution is 7.85. The van der Waals surface area contributed by atoms with Crippen LogP contribution < -0.4 is 0 Å². The van der Waals surface area contributed by atoms with Crippen molar-refractivity contribution in [2.45, 2.75) is 46.5 Å². The summed E-state index contributed by atoms with van der Waals surface area (Å²) < 4.78 is 11.8. The molecule has 0 bridgehead atoms. The smallest absolute Gasteiger partial charge is 0.303 e. The zero-order chi connectivity index (χ0) is 12.4. The topological polar surface area (TPSA) is 54.4 Å². The number of aliphatic carboxylic acids is 1. The quantitative estimate of drug-likeness (QED) is 0.783. The van der Waals surface area contributed by atoms with Gasteiger partial charge < -0.3 is 5.11 Å². The van der Waals surface area contributed by atoms with E-state index in [-0.39, 0.29) is 17.3 Å². The van der Waals surface area contributed by atoms with Crippen LogP contribution in [0.2, 0.25) is 0 Å². The molecule has 16 heavy (non-hydrogen) atoms. The van der Waals surface area contributed by atoms with E-state index in [0.717, 1.165) is 19.3 Å². The number of carboxylic acids is 1. The van der Waals surface area contributed by atoms with Crippen LogP contribution in [0.1, 0.15) is 46.5 Å². The van der Waals surface area contributed by atoms with Crippen LogP contribution in [0.3, 0.4) is 0 Å². The summed E-state index contributed by atoms with van der Waals surface area (Å²) in [5.41, 5.74) is 0.0771. The van der Waals surface area contributed by atoms with Crippen molar-refractivity contribution in [1.82, 2.24) is 0 Å². The molecule has 0 aromatic heterocycles. The molecule has 0 heterocycles. The average molecular weight is 246 g/mol. The predicted molar refractivity (Wildman–Crippen MR) is 65.9 cm³/mol. The second-order valence-corrected chi connectivity index (χ2v) is 7.75. The van der Waals surface area contributed by atoms with Gasteiger partial charge in [-0.3, -0.25) is 9.00 Å². The van der Waals surface area contributed by atoms with Crippen molar-refractivity contribution in [2.24, 2.45) is 10.8 Å². The van der Waals surface area contributed by atoms with E-state index >= 15 is 0 Å². The Morgan fingerprint density at radius 1 is 1.38 bits per heavy atom. The summed E-state index contributed by atoms with van der Waals surface area (Å²) in [6.07, 6.45) is 2.98. The standard InChI is InChI=1S/C12H22O3S/c1-11(2,3)6-7-16(15)9-12(4-5-12)8-10(13)14/h4-9H2,1-3H3,(H,13,14). The van der Waals surface area contributed by atoms with E-state index in [1.54, 1.807) is 0 Å². The largest absolute Gasteiger partial charge is 0.481 e. The molecule has 0 spiro atoms. The molecule has 4 heteroatoms. The van der Waals surface area contributed by atoms with Crippen molar-refractivity contribution in [3.8, 4) is 0 Å². The van der Waals surface area contributed by atoms with Crippen LogP contribution in [-0.4, -0.2) is 26.8 Å². The molecule has 1 aliphatic rings. The van der Waals surface area contributed by atoms with Gasteiger partial charge in [-0.05, 0) is 30.1 Å². The molecule has 0 radical (unpaired) electrons. The zero-order valence-electron chi connectivity index (χ0n) is 10.4. The minimum Gasteiger partial charge on any atom is -0.481 e. The third-order valence-corrected chi connectivity index (χ3v) is 4.62. The Balaban J connectivity index is 2.32. The summed E-state index contributed by atoms with van der Waals surface area (Å²) in [4.78, 5) is 10.7. The van der Waals surface area contributed by atoms with Gasteiger partial charge in [-0.25, -0.2) is 0 Å². The lowest BCUT2D eigenvalue weighted by Crippen LogP contribution is -2.20. The lowest BCUT2D eigenvalue weighted by Gasteiger charge is -2.18. The van der Waals surface area contributed by atoms with Gasteiger partial charge in [-0.15, -0.1) is 0 Å². The van der Waals surface area contributed by atoms with Crippen LogP contribution in [0.15, 0.2) is 0 Å². The van der Waals surface area contributed by atoms with Gasteiger partial charge in [0.05, 0.1) is 6.42 Å². The lowest BCUT2D eigenvalue weighted by atomic mass is 9.94. The van der Waals surface area contributed by atoms with E-state index in [0.29, 0.717) is 11.5 Å². The van der Waals surface area contributed by atoms with Crippen LogP contribution in [0.4, 0.5) is 0 Å². The molecule has 0 saturated heterocycles. The first-order chi connectivity index (χ1) is 7.22. The van der Waals surface area contributed by atoms with Crippen LogP contribution in [0, 0.1) is 10.8 Å². The highest BCUT2D eigenvalue weighted by Gasteiger charge is 2.45. The summed E-state index contributed by atoms with van der Waals surface area (Å²) in [5, 5.41) is 8.76. The van der Waals surface area contributed by atoms with Crippen LogP contribution in [0.5, 0.6) is 0 Å². The van der Waals surface area contributed by atoms with E-state index in [1.807, 2.05) is 0 Å². The Kier molecular flexibility index (Phi) is 4.16. The van der Waals surface area contributed by atoms with Crippen molar-refractivity contribution < 1.29 is 14.1 Å². The molecular formula is C12H22O3S. The summed E-state index contributed by atoms with van der Waals surface area (Å²) in [5.74, 6) is 0.519. The molecule has 1 unspecified atom stereocenters. The SMILES string of the molecule is CC(C)(C)CCS(=O)CC1(CC(=O)O)CC1. The van der Waals surface area contributed by atoms with Crippen LogP contribution in [0.25, 0.3) is 0 Å². The molecule has 0 amide bonds. The first-order valence-corrected chi connectivity index (χ1v) is 7.28. The van der Waals surface area contributed by atoms with Crippen molar-refractivity contribution in [3.05, 3.63) is 0 Å². The van der Waals surface area contributed by atoms with Crippen molar-refractivity contribution in [2.75, 3.05) is 11.5 Å². The molecule has 0 aliphatic heterocycles. The Labute approximate surface area is 100 Å². The van der Waals surface area contributed by atoms with Gasteiger partial charge in [0.15, 0.2) is 0 Å². The summed E-state index contributed by atoms with van der Waals surface area (Å²) in [7, 11) is -0.853. The number of carboxylic acid groups (broad SMARTS) is 1. The van der Waals surface area contributed by atoms with Gasteiger partial charge in [0, 0.05) is 22.3 Å². The molecule has 1 rings (SSSR count). The van der Waals surface area contributed by atoms with Gasteiger partial charge in [-0.1, -0.05) is 20.8 Å². The molecule has 1 fully saturated rings. The fourth-order valence-electron chi connectivity index (χ4n) is 1.70. The van der Waals surface area contributed by atoms with Gasteiger partial charge in [0.2, 0.25) is 0 Å². The summed E-state index contributed by atoms with van der Waals surface area (Å²) in [6, 6.07) is 0. The van der Waals surface area contributed by atoms with E-state index in [1.165, 1.54) is 0 Å². The first-order valence-electron chi connectivity index (χ1n) is 5.79. The van der Waals surface area contributed by atoms with Gasteiger partial charge in [0.1, 0.15) is 0 Å². The van der Waals surface area contributed by atoms with E-state index in [2.05, 4.69) is 20.8 Å². The molecule has 1 atom stereocenters. The van der Waals surface area contributed by atoms with Gasteiger partial charge >= 0.3 is 5.97 Å². The maximum Gasteiger partial charge on any atom is 0.303 e. The van der Waals surface area contributed by atoms with Crippen LogP contribution in [-0.2, 0) is 15.6 Å². The van der Waals surface area contributed by atoms with Crippen LogP contribution >= 0.6 is 0 Å². The van der Waals surface area contributed by atoms with E-state index in [4.69, 9.17) is 5.11 Å². The lowest BCUT2D eigenvalue weighted by molar-refractivity contribution is -0.138. The first kappa shape index (κ1) is 13.7. The predicted octanol–water partition coefficient (Wildman–Crippen LogP) is 2.43. The molecule has 1 saturated carbocycles. The maximum absolute atomic E-state index is 11.8. The molecule has 94 valence electrons. The zero-order valence-corrected chi connectivity index (χ0v) is 11.2. The minimum absolute atomic E-state index is 0.130. The van der Waals surface area contributed by atoms with Gasteiger partial charge in [0.25, 0.3) is 0 Å². The van der Waals surface area contributed by atoms with Crippen molar-refractivity contribution >= 4 is 16.8 Å². The number of carbonyl (C=O) groups is 1. The highest BCUT2D eigenvalue weighted by Crippen LogP contribution is 2.49. The monoisotopic (exact) mass is 246 g/mol. The fourth-order valence-corrected chi connectivity index (χ4v) is 3.76. The summed E-state index contributed by atoms with van der Waals surface area (Å²) in [6.45, 7) is 6.40.